The minimum absolute atomic E-state index is 0.219. The molecule has 0 amide bonds. The lowest BCUT2D eigenvalue weighted by molar-refractivity contribution is 0.0181. The number of aromatic nitrogens is 2. The molecular weight excluding hydrogens is 327 g/mol. The zero-order valence-corrected chi connectivity index (χ0v) is 14.2. The Bertz CT molecular complexity index is 617. The molecule has 0 aliphatic carbocycles. The molecule has 0 aliphatic heterocycles. The zero-order chi connectivity index (χ0) is 17.3. The summed E-state index contributed by atoms with van der Waals surface area (Å²) in [5.41, 5.74) is -1.01. The van der Waals surface area contributed by atoms with Gasteiger partial charge in [-0.1, -0.05) is 0 Å². The van der Waals surface area contributed by atoms with Gasteiger partial charge in [-0.3, -0.25) is 14.3 Å². The van der Waals surface area contributed by atoms with Crippen LogP contribution in [0.4, 0.5) is 0 Å². The quantitative estimate of drug-likeness (QED) is 0.559. The van der Waals surface area contributed by atoms with Gasteiger partial charge in [0.2, 0.25) is 0 Å². The van der Waals surface area contributed by atoms with E-state index in [1.807, 2.05) is 0 Å². The molecule has 0 fully saturated rings. The maximum Gasteiger partial charge on any atom is 0.356 e. The monoisotopic (exact) mass is 350 g/mol. The van der Waals surface area contributed by atoms with Crippen molar-refractivity contribution in [3.8, 4) is 0 Å². The van der Waals surface area contributed by atoms with E-state index in [-0.39, 0.29) is 32.7 Å². The van der Waals surface area contributed by atoms with E-state index in [1.165, 1.54) is 16.8 Å². The highest BCUT2D eigenvalue weighted by Crippen LogP contribution is 2.48. The van der Waals surface area contributed by atoms with Crippen LogP contribution >= 0.6 is 7.60 Å². The maximum absolute atomic E-state index is 12.3. The number of ether oxygens (including phenoxy) is 1. The largest absolute Gasteiger partial charge is 0.394 e. The fourth-order valence-electron chi connectivity index (χ4n) is 1.83. The van der Waals surface area contributed by atoms with Gasteiger partial charge in [-0.25, -0.2) is 4.79 Å². The molecule has 1 aromatic heterocycles. The van der Waals surface area contributed by atoms with Crippen LogP contribution in [0, 0.1) is 0 Å². The Hall–Kier alpha value is -1.25. The molecule has 0 saturated carbocycles. The number of H-pyrrole nitrogens is 1. The Morgan fingerprint density at radius 3 is 2.48 bits per heavy atom. The van der Waals surface area contributed by atoms with Crippen LogP contribution in [0.3, 0.4) is 0 Å². The molecule has 10 heteroatoms. The van der Waals surface area contributed by atoms with Crippen molar-refractivity contribution in [3.63, 3.8) is 0 Å². The summed E-state index contributed by atoms with van der Waals surface area (Å²) < 4.78 is 29.1. The van der Waals surface area contributed by atoms with Crippen LogP contribution in [0.2, 0.25) is 0 Å². The molecule has 132 valence electrons. The molecule has 0 aliphatic rings. The fourth-order valence-corrected chi connectivity index (χ4v) is 3.24. The van der Waals surface area contributed by atoms with Crippen molar-refractivity contribution >= 4 is 7.60 Å². The molecule has 1 unspecified atom stereocenters. The summed E-state index contributed by atoms with van der Waals surface area (Å²) in [6.45, 7) is 3.74. The summed E-state index contributed by atoms with van der Waals surface area (Å²) in [6.07, 6.45) is 0.741. The van der Waals surface area contributed by atoms with E-state index in [2.05, 4.69) is 4.98 Å². The van der Waals surface area contributed by atoms with Crippen molar-refractivity contribution < 1.29 is 23.5 Å². The Labute approximate surface area is 133 Å². The Balaban J connectivity index is 2.58. The maximum atomic E-state index is 12.3. The van der Waals surface area contributed by atoms with E-state index in [9.17, 15) is 19.3 Å². The van der Waals surface area contributed by atoms with Gasteiger partial charge in [0.05, 0.1) is 25.9 Å². The topological polar surface area (TPSA) is 120 Å². The highest BCUT2D eigenvalue weighted by Gasteiger charge is 2.25. The fraction of sp³-hybridized carbons (Fsp3) is 0.692. The van der Waals surface area contributed by atoms with Gasteiger partial charge >= 0.3 is 13.3 Å². The van der Waals surface area contributed by atoms with Crippen LogP contribution in [-0.4, -0.2) is 46.9 Å². The van der Waals surface area contributed by atoms with Crippen molar-refractivity contribution in [3.05, 3.63) is 33.1 Å². The van der Waals surface area contributed by atoms with E-state index in [4.69, 9.17) is 13.8 Å². The number of aromatic amines is 1. The summed E-state index contributed by atoms with van der Waals surface area (Å²) in [5, 5.41) is 9.33. The molecule has 0 spiro atoms. The third-order valence-electron chi connectivity index (χ3n) is 2.91. The molecule has 1 aromatic rings. The predicted octanol–water partition coefficient (Wildman–Crippen LogP) is 0.528. The van der Waals surface area contributed by atoms with Crippen LogP contribution < -0.4 is 11.2 Å². The predicted molar refractivity (Wildman–Crippen MR) is 83.6 cm³/mol. The molecule has 0 saturated heterocycles. The van der Waals surface area contributed by atoms with Crippen LogP contribution in [0.1, 0.15) is 20.3 Å². The Kier molecular flexibility index (Phi) is 8.43. The van der Waals surface area contributed by atoms with Crippen molar-refractivity contribution in [2.75, 3.05) is 26.2 Å². The van der Waals surface area contributed by atoms with Gasteiger partial charge in [0.25, 0.3) is 5.56 Å². The van der Waals surface area contributed by atoms with E-state index in [1.54, 1.807) is 13.8 Å². The average molecular weight is 350 g/mol. The second kappa shape index (κ2) is 9.79. The molecular formula is C13H23N2O7P. The van der Waals surface area contributed by atoms with Crippen molar-refractivity contribution in [2.45, 2.75) is 32.9 Å². The summed E-state index contributed by atoms with van der Waals surface area (Å²) in [5.74, 6) is 0. The van der Waals surface area contributed by atoms with Crippen molar-refractivity contribution in [2.24, 2.45) is 0 Å². The number of aliphatic hydroxyl groups is 1. The minimum Gasteiger partial charge on any atom is -0.394 e. The van der Waals surface area contributed by atoms with Crippen molar-refractivity contribution in [1.29, 1.82) is 0 Å². The Morgan fingerprint density at radius 2 is 1.96 bits per heavy atom. The van der Waals surface area contributed by atoms with Gasteiger partial charge in [-0.2, -0.15) is 0 Å². The molecule has 1 atom stereocenters. The van der Waals surface area contributed by atoms with Crippen LogP contribution in [0.25, 0.3) is 0 Å². The summed E-state index contributed by atoms with van der Waals surface area (Å²) in [6, 6.07) is 1.23. The van der Waals surface area contributed by atoms with E-state index < -0.39 is 24.9 Å². The SMILES string of the molecule is CCOP(=O)(COC(CO)CCn1ccc(=O)[nH]c1=O)OCC. The molecule has 2 N–H and O–H groups in total. The molecule has 1 heterocycles. The zero-order valence-electron chi connectivity index (χ0n) is 13.3. The average Bonchev–Trinajstić information content (AvgIpc) is 2.49. The van der Waals surface area contributed by atoms with E-state index in [0.29, 0.717) is 6.42 Å². The van der Waals surface area contributed by atoms with Gasteiger partial charge in [-0.15, -0.1) is 0 Å². The molecule has 9 nitrogen and oxygen atoms in total. The van der Waals surface area contributed by atoms with Gasteiger partial charge in [0.1, 0.15) is 6.35 Å². The normalized spacial score (nSPS) is 13.2. The lowest BCUT2D eigenvalue weighted by atomic mass is 10.2. The smallest absolute Gasteiger partial charge is 0.356 e. The second-order valence-corrected chi connectivity index (χ2v) is 6.64. The number of aliphatic hydroxyl groups excluding tert-OH is 1. The van der Waals surface area contributed by atoms with Crippen LogP contribution in [0.5, 0.6) is 0 Å². The summed E-state index contributed by atoms with van der Waals surface area (Å²) >= 11 is 0. The number of hydrogen-bond acceptors (Lipinski definition) is 7. The molecule has 0 radical (unpaired) electrons. The third-order valence-corrected chi connectivity index (χ3v) is 4.68. The summed E-state index contributed by atoms with van der Waals surface area (Å²) in [4.78, 5) is 24.7. The third kappa shape index (κ3) is 6.80. The van der Waals surface area contributed by atoms with E-state index in [0.717, 1.165) is 0 Å². The molecule has 23 heavy (non-hydrogen) atoms. The Morgan fingerprint density at radius 1 is 1.30 bits per heavy atom. The van der Waals surface area contributed by atoms with Crippen LogP contribution in [0.15, 0.2) is 21.9 Å². The van der Waals surface area contributed by atoms with Gasteiger partial charge in [0.15, 0.2) is 0 Å². The lowest BCUT2D eigenvalue weighted by Gasteiger charge is -2.21. The highest BCUT2D eigenvalue weighted by molar-refractivity contribution is 7.53. The van der Waals surface area contributed by atoms with Crippen LogP contribution in [-0.2, 0) is 24.9 Å². The molecule has 1 rings (SSSR count). The lowest BCUT2D eigenvalue weighted by Crippen LogP contribution is -2.30. The van der Waals surface area contributed by atoms with Gasteiger partial charge in [0, 0.05) is 18.8 Å². The first-order valence-corrected chi connectivity index (χ1v) is 9.07. The number of aryl methyl sites for hydroxylation is 1. The summed E-state index contributed by atoms with van der Waals surface area (Å²) in [7, 11) is -3.35. The van der Waals surface area contributed by atoms with Crippen molar-refractivity contribution in [1.82, 2.24) is 9.55 Å². The number of hydrogen-bond donors (Lipinski definition) is 2. The molecule has 0 aromatic carbocycles. The van der Waals surface area contributed by atoms with Gasteiger partial charge < -0.3 is 23.5 Å². The molecule has 0 bridgehead atoms. The number of nitrogens with zero attached hydrogens (tertiary/aromatic N) is 1. The second-order valence-electron chi connectivity index (χ2n) is 4.64. The first kappa shape index (κ1) is 19.8. The first-order chi connectivity index (χ1) is 10.9. The standard InChI is InChI=1S/C13H23N2O7P/c1-3-21-23(19,22-4-2)10-20-11(9-16)5-7-15-8-6-12(17)14-13(15)18/h6,8,11,16H,3-5,7,9-10H2,1-2H3,(H,14,17,18). The number of rotatable bonds is 11. The minimum atomic E-state index is -3.35. The van der Waals surface area contributed by atoms with Gasteiger partial charge in [-0.05, 0) is 20.3 Å². The highest BCUT2D eigenvalue weighted by atomic mass is 31.2. The van der Waals surface area contributed by atoms with E-state index >= 15 is 0 Å². The first-order valence-electron chi connectivity index (χ1n) is 7.34. The number of nitrogens with one attached hydrogen (secondary N) is 1.